The number of hydrogen-bond donors (Lipinski definition) is 1. The summed E-state index contributed by atoms with van der Waals surface area (Å²) in [5.74, 6) is -1.47. The molecule has 0 bridgehead atoms. The van der Waals surface area contributed by atoms with E-state index in [1.807, 2.05) is 13.8 Å². The van der Waals surface area contributed by atoms with Crippen LogP contribution in [-0.4, -0.2) is 40.0 Å². The number of aryl methyl sites for hydroxylation is 1. The van der Waals surface area contributed by atoms with Gasteiger partial charge >= 0.3 is 12.1 Å². The number of carboxylic acids is 1. The Morgan fingerprint density at radius 1 is 1.30 bits per heavy atom. The van der Waals surface area contributed by atoms with E-state index < -0.39 is 23.7 Å². The van der Waals surface area contributed by atoms with Gasteiger partial charge in [-0.1, -0.05) is 13.8 Å². The Bertz CT molecular complexity index is 586. The average molecular weight is 332 g/mol. The van der Waals surface area contributed by atoms with Crippen LogP contribution in [0.25, 0.3) is 0 Å². The van der Waals surface area contributed by atoms with Crippen molar-refractivity contribution < 1.29 is 27.9 Å². The van der Waals surface area contributed by atoms with Gasteiger partial charge in [-0.15, -0.1) is 0 Å². The molecule has 23 heavy (non-hydrogen) atoms. The summed E-state index contributed by atoms with van der Waals surface area (Å²) in [5, 5.41) is 8.75. The number of aliphatic carboxylic acids is 1. The zero-order valence-corrected chi connectivity index (χ0v) is 13.1. The quantitative estimate of drug-likeness (QED) is 0.869. The van der Waals surface area contributed by atoms with Crippen molar-refractivity contribution in [2.24, 2.45) is 5.92 Å². The molecule has 0 saturated heterocycles. The van der Waals surface area contributed by atoms with E-state index in [0.29, 0.717) is 6.54 Å². The fraction of sp³-hybridized carbons (Fsp3) is 0.533. The zero-order valence-electron chi connectivity index (χ0n) is 13.1. The van der Waals surface area contributed by atoms with Gasteiger partial charge in [0.15, 0.2) is 0 Å². The Hall–Kier alpha value is -2.12. The maximum absolute atomic E-state index is 12.6. The van der Waals surface area contributed by atoms with Crippen LogP contribution >= 0.6 is 0 Å². The monoisotopic (exact) mass is 332 g/mol. The highest BCUT2D eigenvalue weighted by Crippen LogP contribution is 2.28. The first-order valence-corrected chi connectivity index (χ1v) is 7.08. The van der Waals surface area contributed by atoms with Crippen LogP contribution in [0.1, 0.15) is 42.0 Å². The number of nitrogens with zero attached hydrogens (tertiary/aromatic N) is 2. The van der Waals surface area contributed by atoms with E-state index in [9.17, 15) is 22.8 Å². The Labute approximate surface area is 132 Å². The number of halogens is 3. The summed E-state index contributed by atoms with van der Waals surface area (Å²) in [6, 6.07) is 1.84. The van der Waals surface area contributed by atoms with Gasteiger partial charge in [0.05, 0.1) is 17.7 Å². The minimum atomic E-state index is -4.58. The Morgan fingerprint density at radius 3 is 2.35 bits per heavy atom. The second kappa shape index (κ2) is 7.43. The van der Waals surface area contributed by atoms with Crippen molar-refractivity contribution in [2.75, 3.05) is 13.1 Å². The molecule has 0 aliphatic heterocycles. The van der Waals surface area contributed by atoms with Gasteiger partial charge in [-0.3, -0.25) is 9.59 Å². The summed E-state index contributed by atoms with van der Waals surface area (Å²) in [4.78, 5) is 27.9. The van der Waals surface area contributed by atoms with Gasteiger partial charge < -0.3 is 10.0 Å². The molecule has 0 saturated carbocycles. The van der Waals surface area contributed by atoms with Crippen LogP contribution in [0, 0.1) is 12.8 Å². The number of carbonyl (C=O) groups is 2. The Balaban J connectivity index is 3.05. The van der Waals surface area contributed by atoms with Crippen molar-refractivity contribution in [3.8, 4) is 0 Å². The Kier molecular flexibility index (Phi) is 6.12. The third kappa shape index (κ3) is 5.54. The van der Waals surface area contributed by atoms with E-state index in [2.05, 4.69) is 4.98 Å². The largest absolute Gasteiger partial charge is 0.481 e. The van der Waals surface area contributed by atoms with Gasteiger partial charge in [-0.2, -0.15) is 13.2 Å². The number of hydrogen-bond acceptors (Lipinski definition) is 3. The minimum Gasteiger partial charge on any atom is -0.481 e. The predicted molar refractivity (Wildman–Crippen MR) is 77.0 cm³/mol. The summed E-state index contributed by atoms with van der Waals surface area (Å²) in [6.07, 6.45) is -4.81. The van der Waals surface area contributed by atoms with Crippen LogP contribution in [-0.2, 0) is 11.0 Å². The molecule has 1 heterocycles. The lowest BCUT2D eigenvalue weighted by molar-refractivity contribution is -0.141. The molecule has 1 aromatic heterocycles. The topological polar surface area (TPSA) is 70.5 Å². The molecule has 0 atom stereocenters. The lowest BCUT2D eigenvalue weighted by Gasteiger charge is -2.24. The van der Waals surface area contributed by atoms with Crippen molar-refractivity contribution in [2.45, 2.75) is 33.4 Å². The van der Waals surface area contributed by atoms with E-state index in [1.54, 1.807) is 0 Å². The third-order valence-electron chi connectivity index (χ3n) is 3.07. The molecular formula is C15H19F3N2O3. The summed E-state index contributed by atoms with van der Waals surface area (Å²) >= 11 is 0. The Morgan fingerprint density at radius 2 is 1.91 bits per heavy atom. The molecule has 1 aromatic rings. The first kappa shape index (κ1) is 18.9. The van der Waals surface area contributed by atoms with E-state index in [0.717, 1.165) is 12.1 Å². The van der Waals surface area contributed by atoms with Crippen LogP contribution in [0.3, 0.4) is 0 Å². The molecule has 128 valence electrons. The van der Waals surface area contributed by atoms with Crippen LogP contribution in [0.2, 0.25) is 0 Å². The lowest BCUT2D eigenvalue weighted by atomic mass is 10.1. The molecule has 0 aliphatic carbocycles. The highest BCUT2D eigenvalue weighted by atomic mass is 19.4. The minimum absolute atomic E-state index is 0.00713. The van der Waals surface area contributed by atoms with Gasteiger partial charge in [0, 0.05) is 13.1 Å². The van der Waals surface area contributed by atoms with Gasteiger partial charge in [0.25, 0.3) is 5.91 Å². The van der Waals surface area contributed by atoms with E-state index >= 15 is 0 Å². The number of amides is 1. The van der Waals surface area contributed by atoms with Gasteiger partial charge in [-0.05, 0) is 25.0 Å². The third-order valence-corrected chi connectivity index (χ3v) is 3.07. The van der Waals surface area contributed by atoms with Gasteiger partial charge in [0.2, 0.25) is 0 Å². The summed E-state index contributed by atoms with van der Waals surface area (Å²) in [6.45, 7) is 5.35. The molecule has 8 heteroatoms. The molecule has 0 unspecified atom stereocenters. The molecule has 1 rings (SSSR count). The van der Waals surface area contributed by atoms with Crippen LogP contribution < -0.4 is 0 Å². The maximum Gasteiger partial charge on any atom is 0.433 e. The average Bonchev–Trinajstić information content (AvgIpc) is 2.41. The van der Waals surface area contributed by atoms with Crippen molar-refractivity contribution in [3.05, 3.63) is 29.1 Å². The maximum atomic E-state index is 12.6. The summed E-state index contributed by atoms with van der Waals surface area (Å²) in [7, 11) is 0. The smallest absolute Gasteiger partial charge is 0.433 e. The highest BCUT2D eigenvalue weighted by Gasteiger charge is 2.33. The van der Waals surface area contributed by atoms with Crippen molar-refractivity contribution in [1.29, 1.82) is 0 Å². The van der Waals surface area contributed by atoms with Gasteiger partial charge in [-0.25, -0.2) is 4.98 Å². The highest BCUT2D eigenvalue weighted by molar-refractivity contribution is 5.95. The standard InChI is InChI=1S/C15H19F3N2O3/c1-9(2)8-20(7-6-13(21)22)14(23)11-4-5-12(15(16,17)18)19-10(11)3/h4-5,9H,6-8H2,1-3H3,(H,21,22). The zero-order chi connectivity index (χ0) is 17.8. The second-order valence-corrected chi connectivity index (χ2v) is 5.62. The fourth-order valence-electron chi connectivity index (χ4n) is 2.06. The predicted octanol–water partition coefficient (Wildman–Crippen LogP) is 2.98. The number of alkyl halides is 3. The summed E-state index contributed by atoms with van der Waals surface area (Å²) in [5.41, 5.74) is -1.05. The van der Waals surface area contributed by atoms with E-state index in [-0.39, 0.29) is 30.1 Å². The van der Waals surface area contributed by atoms with Crippen molar-refractivity contribution in [1.82, 2.24) is 9.88 Å². The number of rotatable bonds is 6. The van der Waals surface area contributed by atoms with Crippen molar-refractivity contribution in [3.63, 3.8) is 0 Å². The number of carbonyl (C=O) groups excluding carboxylic acids is 1. The van der Waals surface area contributed by atoms with Gasteiger partial charge in [0.1, 0.15) is 5.69 Å². The lowest BCUT2D eigenvalue weighted by Crippen LogP contribution is -2.36. The SMILES string of the molecule is Cc1nc(C(F)(F)F)ccc1C(=O)N(CCC(=O)O)CC(C)C. The fourth-order valence-corrected chi connectivity index (χ4v) is 2.06. The molecule has 1 amide bonds. The molecule has 0 spiro atoms. The second-order valence-electron chi connectivity index (χ2n) is 5.62. The first-order chi connectivity index (χ1) is 10.5. The number of aromatic nitrogens is 1. The van der Waals surface area contributed by atoms with Crippen LogP contribution in [0.4, 0.5) is 13.2 Å². The number of carboxylic acid groups (broad SMARTS) is 1. The molecular weight excluding hydrogens is 313 g/mol. The summed E-state index contributed by atoms with van der Waals surface area (Å²) < 4.78 is 37.9. The molecule has 1 N–H and O–H groups in total. The molecule has 5 nitrogen and oxygen atoms in total. The van der Waals surface area contributed by atoms with Crippen LogP contribution in [0.15, 0.2) is 12.1 Å². The molecule has 0 fully saturated rings. The molecule has 0 radical (unpaired) electrons. The molecule has 0 aromatic carbocycles. The van der Waals surface area contributed by atoms with E-state index in [1.165, 1.54) is 11.8 Å². The molecule has 0 aliphatic rings. The van der Waals surface area contributed by atoms with Crippen molar-refractivity contribution >= 4 is 11.9 Å². The normalized spacial score (nSPS) is 11.6. The van der Waals surface area contributed by atoms with E-state index in [4.69, 9.17) is 5.11 Å². The first-order valence-electron chi connectivity index (χ1n) is 7.08. The van der Waals surface area contributed by atoms with Crippen LogP contribution in [0.5, 0.6) is 0 Å². The number of pyridine rings is 1.